The van der Waals surface area contributed by atoms with Crippen molar-refractivity contribution in [1.29, 1.82) is 0 Å². The van der Waals surface area contributed by atoms with Gasteiger partial charge >= 0.3 is 0 Å². The Morgan fingerprint density at radius 2 is 2.24 bits per heavy atom. The van der Waals surface area contributed by atoms with Crippen molar-refractivity contribution in [2.24, 2.45) is 16.6 Å². The number of carbonyl (C=O) groups is 1. The second-order valence-electron chi connectivity index (χ2n) is 6.50. The van der Waals surface area contributed by atoms with Crippen LogP contribution in [-0.4, -0.2) is 55.0 Å². The fourth-order valence-electron chi connectivity index (χ4n) is 3.00. The zero-order chi connectivity index (χ0) is 18.2. The normalized spacial score (nSPS) is 19.0. The van der Waals surface area contributed by atoms with Crippen molar-refractivity contribution >= 4 is 23.2 Å². The third-order valence-electron chi connectivity index (χ3n) is 4.55. The standard InChI is InChI=1S/C17H30N6OS/c1-12-13(2)25-15(22-12)10-21-17(19-3)20-7-5-9-23-8-4-6-14(11-23)16(18)24/h14H,4-11H2,1-3H3,(H2,18,24)(H2,19,20,21). The van der Waals surface area contributed by atoms with Crippen LogP contribution in [0.4, 0.5) is 0 Å². The minimum atomic E-state index is -0.167. The maximum Gasteiger partial charge on any atom is 0.221 e. The summed E-state index contributed by atoms with van der Waals surface area (Å²) < 4.78 is 0. The van der Waals surface area contributed by atoms with Crippen LogP contribution in [0.2, 0.25) is 0 Å². The maximum absolute atomic E-state index is 11.3. The summed E-state index contributed by atoms with van der Waals surface area (Å²) in [5.41, 5.74) is 6.53. The summed E-state index contributed by atoms with van der Waals surface area (Å²) in [4.78, 5) is 23.7. The molecular weight excluding hydrogens is 336 g/mol. The molecule has 0 bridgehead atoms. The van der Waals surface area contributed by atoms with E-state index in [0.29, 0.717) is 6.54 Å². The number of nitrogens with zero attached hydrogens (tertiary/aromatic N) is 3. The number of piperidine rings is 1. The quantitative estimate of drug-likeness (QED) is 0.380. The third-order valence-corrected chi connectivity index (χ3v) is 5.63. The van der Waals surface area contributed by atoms with Crippen molar-refractivity contribution in [3.05, 3.63) is 15.6 Å². The van der Waals surface area contributed by atoms with Crippen molar-refractivity contribution < 1.29 is 4.79 Å². The van der Waals surface area contributed by atoms with Gasteiger partial charge in [0, 0.05) is 25.0 Å². The zero-order valence-corrected chi connectivity index (χ0v) is 16.3. The molecule has 1 aliphatic rings. The van der Waals surface area contributed by atoms with E-state index in [-0.39, 0.29) is 11.8 Å². The van der Waals surface area contributed by atoms with Gasteiger partial charge in [-0.05, 0) is 46.2 Å². The van der Waals surface area contributed by atoms with Crippen LogP contribution in [0.15, 0.2) is 4.99 Å². The van der Waals surface area contributed by atoms with E-state index in [4.69, 9.17) is 5.73 Å². The number of amides is 1. The van der Waals surface area contributed by atoms with Crippen LogP contribution in [0.1, 0.15) is 34.8 Å². The molecule has 2 heterocycles. The fraction of sp³-hybridized carbons (Fsp3) is 0.706. The summed E-state index contributed by atoms with van der Waals surface area (Å²) in [5, 5.41) is 7.70. The van der Waals surface area contributed by atoms with E-state index in [9.17, 15) is 4.79 Å². The van der Waals surface area contributed by atoms with E-state index in [0.717, 1.165) is 62.1 Å². The smallest absolute Gasteiger partial charge is 0.221 e. The largest absolute Gasteiger partial charge is 0.369 e. The highest BCUT2D eigenvalue weighted by molar-refractivity contribution is 7.11. The molecule has 25 heavy (non-hydrogen) atoms. The van der Waals surface area contributed by atoms with E-state index < -0.39 is 0 Å². The lowest BCUT2D eigenvalue weighted by Crippen LogP contribution is -2.42. The molecule has 2 rings (SSSR count). The minimum absolute atomic E-state index is 0.0151. The lowest BCUT2D eigenvalue weighted by molar-refractivity contribution is -0.123. The van der Waals surface area contributed by atoms with Crippen molar-refractivity contribution in [2.75, 3.05) is 33.2 Å². The van der Waals surface area contributed by atoms with E-state index in [1.165, 1.54) is 4.88 Å². The van der Waals surface area contributed by atoms with Crippen LogP contribution < -0.4 is 16.4 Å². The number of nitrogens with one attached hydrogen (secondary N) is 2. The number of primary amides is 1. The number of likely N-dealkylation sites (tertiary alicyclic amines) is 1. The van der Waals surface area contributed by atoms with E-state index >= 15 is 0 Å². The summed E-state index contributed by atoms with van der Waals surface area (Å²) in [7, 11) is 1.77. The van der Waals surface area contributed by atoms with Gasteiger partial charge in [0.15, 0.2) is 5.96 Å². The van der Waals surface area contributed by atoms with Crippen molar-refractivity contribution in [3.8, 4) is 0 Å². The van der Waals surface area contributed by atoms with E-state index in [1.807, 2.05) is 6.92 Å². The van der Waals surface area contributed by atoms with Crippen LogP contribution in [0, 0.1) is 19.8 Å². The first kappa shape index (κ1) is 19.7. The second-order valence-corrected chi connectivity index (χ2v) is 7.79. The van der Waals surface area contributed by atoms with Gasteiger partial charge in [0.1, 0.15) is 5.01 Å². The summed E-state index contributed by atoms with van der Waals surface area (Å²) in [6, 6.07) is 0. The number of carbonyl (C=O) groups excluding carboxylic acids is 1. The van der Waals surface area contributed by atoms with Gasteiger partial charge < -0.3 is 21.3 Å². The Kier molecular flexibility index (Phi) is 7.64. The van der Waals surface area contributed by atoms with Crippen LogP contribution in [0.3, 0.4) is 0 Å². The molecule has 1 aliphatic heterocycles. The molecule has 0 aliphatic carbocycles. The molecule has 0 radical (unpaired) electrons. The first-order valence-corrected chi connectivity index (χ1v) is 9.70. The van der Waals surface area contributed by atoms with Gasteiger partial charge in [0.2, 0.25) is 5.91 Å². The molecule has 1 unspecified atom stereocenters. The molecule has 1 aromatic heterocycles. The lowest BCUT2D eigenvalue weighted by Gasteiger charge is -2.31. The van der Waals surface area contributed by atoms with Crippen LogP contribution >= 0.6 is 11.3 Å². The van der Waals surface area contributed by atoms with Crippen molar-refractivity contribution in [2.45, 2.75) is 39.7 Å². The van der Waals surface area contributed by atoms with Gasteiger partial charge in [-0.1, -0.05) is 0 Å². The molecule has 8 heteroatoms. The van der Waals surface area contributed by atoms with Gasteiger partial charge in [-0.2, -0.15) is 0 Å². The second kappa shape index (κ2) is 9.72. The number of thiazole rings is 1. The maximum atomic E-state index is 11.3. The first-order valence-electron chi connectivity index (χ1n) is 8.88. The molecule has 0 aromatic carbocycles. The zero-order valence-electron chi connectivity index (χ0n) is 15.5. The molecule has 7 nitrogen and oxygen atoms in total. The summed E-state index contributed by atoms with van der Waals surface area (Å²) >= 11 is 1.72. The number of nitrogens with two attached hydrogens (primary N) is 1. The number of rotatable bonds is 7. The molecule has 1 amide bonds. The average Bonchev–Trinajstić information content (AvgIpc) is 2.92. The summed E-state index contributed by atoms with van der Waals surface area (Å²) in [5.74, 6) is 0.639. The fourth-order valence-corrected chi connectivity index (χ4v) is 3.87. The van der Waals surface area contributed by atoms with Crippen molar-refractivity contribution in [1.82, 2.24) is 20.5 Å². The number of aliphatic imine (C=N–C) groups is 1. The van der Waals surface area contributed by atoms with E-state index in [1.54, 1.807) is 18.4 Å². The van der Waals surface area contributed by atoms with Gasteiger partial charge in [0.05, 0.1) is 18.2 Å². The lowest BCUT2D eigenvalue weighted by atomic mass is 9.97. The highest BCUT2D eigenvalue weighted by Crippen LogP contribution is 2.16. The number of aryl methyl sites for hydroxylation is 2. The van der Waals surface area contributed by atoms with Gasteiger partial charge in [-0.15, -0.1) is 11.3 Å². The summed E-state index contributed by atoms with van der Waals surface area (Å²) in [6.07, 6.45) is 2.98. The molecule has 1 atom stereocenters. The predicted molar refractivity (Wildman–Crippen MR) is 103 cm³/mol. The molecule has 1 aromatic rings. The van der Waals surface area contributed by atoms with Crippen LogP contribution in [-0.2, 0) is 11.3 Å². The number of guanidine groups is 1. The van der Waals surface area contributed by atoms with Gasteiger partial charge in [-0.25, -0.2) is 4.98 Å². The molecular formula is C17H30N6OS. The Hall–Kier alpha value is -1.67. The third kappa shape index (κ3) is 6.28. The predicted octanol–water partition coefficient (Wildman–Crippen LogP) is 1.01. The molecule has 1 fully saturated rings. The molecule has 140 valence electrons. The number of hydrogen-bond acceptors (Lipinski definition) is 5. The Morgan fingerprint density at radius 3 is 2.88 bits per heavy atom. The van der Waals surface area contributed by atoms with Gasteiger partial charge in [-0.3, -0.25) is 9.79 Å². The highest BCUT2D eigenvalue weighted by atomic mass is 32.1. The SMILES string of the molecule is CN=C(NCCCN1CCCC(C(N)=O)C1)NCc1nc(C)c(C)s1. The average molecular weight is 367 g/mol. The summed E-state index contributed by atoms with van der Waals surface area (Å²) in [6.45, 7) is 8.47. The molecule has 1 saturated heterocycles. The van der Waals surface area contributed by atoms with Crippen LogP contribution in [0.25, 0.3) is 0 Å². The Morgan fingerprint density at radius 1 is 1.44 bits per heavy atom. The minimum Gasteiger partial charge on any atom is -0.369 e. The topological polar surface area (TPSA) is 95.6 Å². The highest BCUT2D eigenvalue weighted by Gasteiger charge is 2.23. The monoisotopic (exact) mass is 366 g/mol. The molecule has 0 saturated carbocycles. The Balaban J connectivity index is 1.65. The Labute approximate surface area is 154 Å². The molecule has 0 spiro atoms. The van der Waals surface area contributed by atoms with Crippen LogP contribution in [0.5, 0.6) is 0 Å². The van der Waals surface area contributed by atoms with Gasteiger partial charge in [0.25, 0.3) is 0 Å². The van der Waals surface area contributed by atoms with E-state index in [2.05, 4.69) is 32.4 Å². The Bertz CT molecular complexity index is 580. The van der Waals surface area contributed by atoms with Crippen molar-refractivity contribution in [3.63, 3.8) is 0 Å². The number of aromatic nitrogens is 1. The molecule has 4 N–H and O–H groups in total. The first-order chi connectivity index (χ1) is 12.0. The number of hydrogen-bond donors (Lipinski definition) is 3.